The molecule has 1 amide bonds. The Morgan fingerprint density at radius 2 is 1.91 bits per heavy atom. The number of ether oxygens (including phenoxy) is 1. The first-order valence-electron chi connectivity index (χ1n) is 7.21. The number of carboxylic acids is 1. The molecule has 22 heavy (non-hydrogen) atoms. The van der Waals surface area contributed by atoms with Gasteiger partial charge in [0, 0.05) is 17.1 Å². The first-order valence-corrected chi connectivity index (χ1v) is 8.20. The smallest absolute Gasteiger partial charge is 0.326 e. The summed E-state index contributed by atoms with van der Waals surface area (Å²) >= 11 is 1.55. The van der Waals surface area contributed by atoms with Crippen LogP contribution < -0.4 is 10.1 Å². The van der Waals surface area contributed by atoms with Crippen LogP contribution >= 0.6 is 11.8 Å². The van der Waals surface area contributed by atoms with Gasteiger partial charge >= 0.3 is 5.97 Å². The van der Waals surface area contributed by atoms with Crippen molar-refractivity contribution >= 4 is 23.6 Å². The number of nitrogens with one attached hydrogen (secondary N) is 1. The van der Waals surface area contributed by atoms with Crippen molar-refractivity contribution in [3.63, 3.8) is 0 Å². The summed E-state index contributed by atoms with van der Waals surface area (Å²) in [4.78, 5) is 24.0. The zero-order valence-electron chi connectivity index (χ0n) is 13.2. The summed E-state index contributed by atoms with van der Waals surface area (Å²) in [7, 11) is 1.61. The molecule has 0 unspecified atom stereocenters. The maximum absolute atomic E-state index is 11.8. The van der Waals surface area contributed by atoms with Gasteiger partial charge in [-0.3, -0.25) is 4.79 Å². The van der Waals surface area contributed by atoms with Crippen molar-refractivity contribution in [2.24, 2.45) is 5.92 Å². The van der Waals surface area contributed by atoms with Crippen molar-refractivity contribution in [2.75, 3.05) is 12.9 Å². The molecule has 122 valence electrons. The molecule has 0 aromatic heterocycles. The number of hydrogen-bond acceptors (Lipinski definition) is 4. The maximum Gasteiger partial charge on any atom is 0.326 e. The molecule has 1 aromatic rings. The van der Waals surface area contributed by atoms with E-state index in [0.717, 1.165) is 10.6 Å². The summed E-state index contributed by atoms with van der Waals surface area (Å²) in [5.74, 6) is 0.403. The highest BCUT2D eigenvalue weighted by molar-refractivity contribution is 7.99. The molecule has 0 heterocycles. The molecule has 0 spiro atoms. The fourth-order valence-corrected chi connectivity index (χ4v) is 2.74. The molecule has 0 radical (unpaired) electrons. The van der Waals surface area contributed by atoms with E-state index in [1.54, 1.807) is 18.9 Å². The second kappa shape index (κ2) is 9.35. The van der Waals surface area contributed by atoms with Crippen LogP contribution in [0.3, 0.4) is 0 Å². The highest BCUT2D eigenvalue weighted by atomic mass is 32.2. The Balaban J connectivity index is 2.36. The average Bonchev–Trinajstić information content (AvgIpc) is 2.46. The van der Waals surface area contributed by atoms with Gasteiger partial charge in [0.15, 0.2) is 0 Å². The van der Waals surface area contributed by atoms with Crippen molar-refractivity contribution in [1.82, 2.24) is 5.32 Å². The summed E-state index contributed by atoms with van der Waals surface area (Å²) in [5, 5.41) is 11.7. The van der Waals surface area contributed by atoms with Crippen molar-refractivity contribution in [3.05, 3.63) is 24.3 Å². The molecule has 1 rings (SSSR count). The highest BCUT2D eigenvalue weighted by Gasteiger charge is 2.20. The Labute approximate surface area is 135 Å². The number of methoxy groups -OCH3 is 1. The number of carbonyl (C=O) groups is 2. The Kier molecular flexibility index (Phi) is 7.80. The highest BCUT2D eigenvalue weighted by Crippen LogP contribution is 2.21. The molecule has 0 saturated heterocycles. The lowest BCUT2D eigenvalue weighted by Gasteiger charge is -2.16. The van der Waals surface area contributed by atoms with Crippen LogP contribution in [0.15, 0.2) is 29.2 Å². The molecule has 0 aliphatic carbocycles. The minimum atomic E-state index is -0.982. The van der Waals surface area contributed by atoms with Gasteiger partial charge in [-0.1, -0.05) is 13.8 Å². The fraction of sp³-hybridized carbons (Fsp3) is 0.500. The van der Waals surface area contributed by atoms with E-state index in [1.165, 1.54) is 0 Å². The Bertz CT molecular complexity index is 487. The number of hydrogen-bond donors (Lipinski definition) is 2. The molecular formula is C16H23NO4S. The van der Waals surface area contributed by atoms with Gasteiger partial charge < -0.3 is 15.2 Å². The van der Waals surface area contributed by atoms with E-state index in [0.29, 0.717) is 18.6 Å². The van der Waals surface area contributed by atoms with Crippen LogP contribution in [0.4, 0.5) is 0 Å². The van der Waals surface area contributed by atoms with Crippen molar-refractivity contribution in [2.45, 2.75) is 37.6 Å². The van der Waals surface area contributed by atoms with Crippen LogP contribution in [0.1, 0.15) is 26.7 Å². The molecule has 6 heteroatoms. The molecule has 1 aromatic carbocycles. The lowest BCUT2D eigenvalue weighted by atomic mass is 10.0. The number of aliphatic carboxylic acids is 1. The standard InChI is InChI=1S/C16H23NO4S/c1-11(2)10-14(16(19)20)17-15(18)8-9-22-13-6-4-12(21-3)5-7-13/h4-7,11,14H,8-10H2,1-3H3,(H,17,18)(H,19,20)/t14-/m1/s1. The van der Waals surface area contributed by atoms with Gasteiger partial charge in [-0.15, -0.1) is 11.8 Å². The lowest BCUT2D eigenvalue weighted by molar-refractivity contribution is -0.142. The number of thioether (sulfide) groups is 1. The van der Waals surface area contributed by atoms with E-state index in [2.05, 4.69) is 5.32 Å². The van der Waals surface area contributed by atoms with Gasteiger partial charge in [0.05, 0.1) is 7.11 Å². The summed E-state index contributed by atoms with van der Waals surface area (Å²) in [5.41, 5.74) is 0. The number of carbonyl (C=O) groups excluding carboxylic acids is 1. The molecule has 0 bridgehead atoms. The van der Waals surface area contributed by atoms with E-state index in [9.17, 15) is 9.59 Å². The van der Waals surface area contributed by atoms with Crippen LogP contribution in [0.25, 0.3) is 0 Å². The molecule has 0 fully saturated rings. The van der Waals surface area contributed by atoms with Crippen LogP contribution in [0.2, 0.25) is 0 Å². The predicted octanol–water partition coefficient (Wildman–Crippen LogP) is 2.79. The van der Waals surface area contributed by atoms with Crippen LogP contribution in [-0.2, 0) is 9.59 Å². The molecule has 2 N–H and O–H groups in total. The molecule has 0 aliphatic heterocycles. The third-order valence-corrected chi connectivity index (χ3v) is 4.01. The van der Waals surface area contributed by atoms with E-state index >= 15 is 0 Å². The van der Waals surface area contributed by atoms with Gasteiger partial charge in [0.1, 0.15) is 11.8 Å². The SMILES string of the molecule is COc1ccc(SCCC(=O)N[C@H](CC(C)C)C(=O)O)cc1. The van der Waals surface area contributed by atoms with Crippen LogP contribution in [0, 0.1) is 5.92 Å². The number of benzene rings is 1. The quantitative estimate of drug-likeness (QED) is 0.683. The van der Waals surface area contributed by atoms with Crippen molar-refractivity contribution < 1.29 is 19.4 Å². The maximum atomic E-state index is 11.8. The van der Waals surface area contributed by atoms with E-state index in [1.807, 2.05) is 38.1 Å². The topological polar surface area (TPSA) is 75.6 Å². The third-order valence-electron chi connectivity index (χ3n) is 3.00. The monoisotopic (exact) mass is 325 g/mol. The minimum Gasteiger partial charge on any atom is -0.497 e. The molecule has 0 saturated carbocycles. The third kappa shape index (κ3) is 6.85. The second-order valence-corrected chi connectivity index (χ2v) is 6.53. The Hall–Kier alpha value is -1.69. The largest absolute Gasteiger partial charge is 0.497 e. The van der Waals surface area contributed by atoms with Crippen molar-refractivity contribution in [3.8, 4) is 5.75 Å². The van der Waals surface area contributed by atoms with Crippen molar-refractivity contribution in [1.29, 1.82) is 0 Å². The van der Waals surface area contributed by atoms with Gasteiger partial charge in [-0.2, -0.15) is 0 Å². The van der Waals surface area contributed by atoms with Gasteiger partial charge in [-0.25, -0.2) is 4.79 Å². The lowest BCUT2D eigenvalue weighted by Crippen LogP contribution is -2.41. The van der Waals surface area contributed by atoms with Crippen LogP contribution in [-0.4, -0.2) is 35.9 Å². The number of rotatable bonds is 9. The fourth-order valence-electron chi connectivity index (χ4n) is 1.89. The van der Waals surface area contributed by atoms with Gasteiger partial charge in [-0.05, 0) is 36.6 Å². The predicted molar refractivity (Wildman–Crippen MR) is 87.4 cm³/mol. The van der Waals surface area contributed by atoms with E-state index in [-0.39, 0.29) is 11.8 Å². The summed E-state index contributed by atoms with van der Waals surface area (Å²) in [6, 6.07) is 6.79. The first kappa shape index (κ1) is 18.4. The normalized spacial score (nSPS) is 12.0. The molecule has 5 nitrogen and oxygen atoms in total. The zero-order valence-corrected chi connectivity index (χ0v) is 14.0. The molecular weight excluding hydrogens is 302 g/mol. The number of amides is 1. The van der Waals surface area contributed by atoms with Gasteiger partial charge in [0.2, 0.25) is 5.91 Å². The van der Waals surface area contributed by atoms with Crippen LogP contribution in [0.5, 0.6) is 5.75 Å². The van der Waals surface area contributed by atoms with E-state index in [4.69, 9.17) is 9.84 Å². The summed E-state index contributed by atoms with van der Waals surface area (Å²) in [6.07, 6.45) is 0.727. The summed E-state index contributed by atoms with van der Waals surface area (Å²) in [6.45, 7) is 3.86. The molecule has 1 atom stereocenters. The Morgan fingerprint density at radius 1 is 1.27 bits per heavy atom. The molecule has 0 aliphatic rings. The zero-order chi connectivity index (χ0) is 16.5. The minimum absolute atomic E-state index is 0.218. The van der Waals surface area contributed by atoms with Gasteiger partial charge in [0.25, 0.3) is 0 Å². The summed E-state index contributed by atoms with van der Waals surface area (Å²) < 4.78 is 5.08. The second-order valence-electron chi connectivity index (χ2n) is 5.36. The Morgan fingerprint density at radius 3 is 2.41 bits per heavy atom. The first-order chi connectivity index (χ1) is 10.4. The van der Waals surface area contributed by atoms with E-state index < -0.39 is 12.0 Å². The number of carboxylic acid groups (broad SMARTS) is 1. The average molecular weight is 325 g/mol.